The second-order valence-electron chi connectivity index (χ2n) is 6.54. The lowest BCUT2D eigenvalue weighted by Gasteiger charge is -2.30. The molecule has 2 unspecified atom stereocenters. The number of amides is 3. The highest BCUT2D eigenvalue weighted by Gasteiger charge is 2.30. The average molecular weight is 398 g/mol. The van der Waals surface area contributed by atoms with Gasteiger partial charge in [0.1, 0.15) is 17.1 Å². The summed E-state index contributed by atoms with van der Waals surface area (Å²) < 4.78 is 26.4. The fourth-order valence-electron chi connectivity index (χ4n) is 2.64. The Bertz CT molecular complexity index is 745. The molecule has 146 valence electrons. The first-order valence-electron chi connectivity index (χ1n) is 8.60. The second kappa shape index (κ2) is 8.66. The molecular weight excluding hydrogens is 378 g/mol. The summed E-state index contributed by atoms with van der Waals surface area (Å²) in [6.07, 6.45) is 2.36. The van der Waals surface area contributed by atoms with Crippen molar-refractivity contribution in [3.63, 3.8) is 0 Å². The van der Waals surface area contributed by atoms with E-state index in [4.69, 9.17) is 0 Å². The van der Waals surface area contributed by atoms with Crippen LogP contribution in [-0.4, -0.2) is 41.1 Å². The molecule has 1 heterocycles. The van der Waals surface area contributed by atoms with Crippen LogP contribution in [0.4, 0.5) is 14.5 Å². The summed E-state index contributed by atoms with van der Waals surface area (Å²) in [7, 11) is 0. The minimum absolute atomic E-state index is 0.0598. The number of carbonyl (C=O) groups excluding carboxylic acids is 3. The van der Waals surface area contributed by atoms with Crippen molar-refractivity contribution in [2.45, 2.75) is 43.3 Å². The van der Waals surface area contributed by atoms with Crippen molar-refractivity contribution in [3.05, 3.63) is 29.8 Å². The molecule has 1 aromatic carbocycles. The van der Waals surface area contributed by atoms with E-state index in [2.05, 4.69) is 21.3 Å². The number of halogens is 2. The number of nitrogens with one attached hydrogen (secondary N) is 4. The summed E-state index contributed by atoms with van der Waals surface area (Å²) in [5, 5.41) is 11.0. The summed E-state index contributed by atoms with van der Waals surface area (Å²) in [6, 6.07) is 2.82. The van der Waals surface area contributed by atoms with E-state index < -0.39 is 23.0 Å². The second-order valence-corrected chi connectivity index (χ2v) is 7.64. The lowest BCUT2D eigenvalue weighted by molar-refractivity contribution is -0.125. The number of rotatable bonds is 7. The third-order valence-corrected chi connectivity index (χ3v) is 5.09. The van der Waals surface area contributed by atoms with E-state index in [-0.39, 0.29) is 48.2 Å². The van der Waals surface area contributed by atoms with Gasteiger partial charge < -0.3 is 16.0 Å². The molecule has 0 spiro atoms. The predicted molar refractivity (Wildman–Crippen MR) is 96.7 cm³/mol. The molecule has 2 fully saturated rings. The van der Waals surface area contributed by atoms with Gasteiger partial charge in [-0.25, -0.2) is 8.78 Å². The van der Waals surface area contributed by atoms with Gasteiger partial charge in [0, 0.05) is 31.0 Å². The highest BCUT2D eigenvalue weighted by atomic mass is 32.2. The molecular formula is C17H20F2N4O3S. The van der Waals surface area contributed by atoms with Crippen molar-refractivity contribution in [2.24, 2.45) is 0 Å². The number of hydrogen-bond donors (Lipinski definition) is 4. The van der Waals surface area contributed by atoms with Gasteiger partial charge in [0.2, 0.25) is 17.7 Å². The summed E-state index contributed by atoms with van der Waals surface area (Å²) in [5.74, 6) is -2.45. The number of thioether (sulfide) groups is 1. The Morgan fingerprint density at radius 3 is 2.70 bits per heavy atom. The van der Waals surface area contributed by atoms with Gasteiger partial charge in [-0.15, -0.1) is 11.8 Å². The van der Waals surface area contributed by atoms with E-state index in [1.165, 1.54) is 0 Å². The highest BCUT2D eigenvalue weighted by Crippen LogP contribution is 2.20. The van der Waals surface area contributed by atoms with E-state index in [0.29, 0.717) is 6.07 Å². The Morgan fingerprint density at radius 2 is 2.00 bits per heavy atom. The van der Waals surface area contributed by atoms with Crippen LogP contribution in [0.1, 0.15) is 25.7 Å². The van der Waals surface area contributed by atoms with Gasteiger partial charge in [0.15, 0.2) is 0 Å². The Labute approximate surface area is 159 Å². The zero-order valence-corrected chi connectivity index (χ0v) is 15.2. The van der Waals surface area contributed by atoms with Crippen molar-refractivity contribution in [1.82, 2.24) is 16.0 Å². The van der Waals surface area contributed by atoms with Crippen molar-refractivity contribution >= 4 is 35.2 Å². The summed E-state index contributed by atoms with van der Waals surface area (Å²) in [5.41, 5.74) is -0.647. The Hall–Kier alpha value is -2.20. The molecule has 10 heteroatoms. The van der Waals surface area contributed by atoms with Gasteiger partial charge in [-0.05, 0) is 25.0 Å². The van der Waals surface area contributed by atoms with Crippen molar-refractivity contribution in [3.8, 4) is 0 Å². The average Bonchev–Trinajstić information content (AvgIpc) is 3.39. The zero-order valence-electron chi connectivity index (χ0n) is 14.4. The smallest absolute Gasteiger partial charge is 0.234 e. The first kappa shape index (κ1) is 19.6. The number of benzene rings is 1. The molecule has 7 nitrogen and oxygen atoms in total. The largest absolute Gasteiger partial charge is 0.353 e. The van der Waals surface area contributed by atoms with Crippen LogP contribution in [0.3, 0.4) is 0 Å². The summed E-state index contributed by atoms with van der Waals surface area (Å²) in [6.45, 7) is 0. The van der Waals surface area contributed by atoms with Crippen molar-refractivity contribution in [1.29, 1.82) is 0 Å². The molecule has 1 saturated heterocycles. The molecule has 27 heavy (non-hydrogen) atoms. The Balaban J connectivity index is 1.45. The first-order chi connectivity index (χ1) is 12.9. The number of carbonyl (C=O) groups is 3. The predicted octanol–water partition coefficient (Wildman–Crippen LogP) is 1.07. The molecule has 1 aromatic rings. The van der Waals surface area contributed by atoms with E-state index in [1.807, 2.05) is 0 Å². The Kier molecular flexibility index (Phi) is 6.27. The van der Waals surface area contributed by atoms with Gasteiger partial charge in [0.25, 0.3) is 0 Å². The molecule has 4 N–H and O–H groups in total. The topological polar surface area (TPSA) is 99.3 Å². The molecule has 0 bridgehead atoms. The van der Waals surface area contributed by atoms with Crippen LogP contribution in [-0.2, 0) is 14.4 Å². The number of hydrogen-bond acceptors (Lipinski definition) is 5. The Morgan fingerprint density at radius 1 is 1.22 bits per heavy atom. The van der Waals surface area contributed by atoms with Crippen molar-refractivity contribution in [2.75, 3.05) is 11.1 Å². The van der Waals surface area contributed by atoms with Gasteiger partial charge >= 0.3 is 0 Å². The minimum Gasteiger partial charge on any atom is -0.353 e. The zero-order chi connectivity index (χ0) is 19.4. The molecule has 1 aliphatic heterocycles. The molecule has 3 rings (SSSR count). The fraction of sp³-hybridized carbons (Fsp3) is 0.471. The normalized spacial score (nSPS) is 22.1. The maximum Gasteiger partial charge on any atom is 0.234 e. The molecule has 1 aliphatic carbocycles. The molecule has 2 aliphatic rings. The van der Waals surface area contributed by atoms with Gasteiger partial charge in [-0.1, -0.05) is 0 Å². The monoisotopic (exact) mass is 398 g/mol. The van der Waals surface area contributed by atoms with Crippen LogP contribution < -0.4 is 21.3 Å². The third-order valence-electron chi connectivity index (χ3n) is 4.07. The van der Waals surface area contributed by atoms with Crippen LogP contribution in [0.5, 0.6) is 0 Å². The standard InChI is InChI=1S/C17H20F2N4O3S/c18-9-1-4-13(12(19)5-9)22-16(26)8-27-17-21-11(7-15(25)23-17)6-14(24)20-10-2-3-10/h1,4-5,10-11,17,21H,2-3,6-8H2,(H,20,24)(H,22,26)(H,23,25). The SMILES string of the molecule is O=C(CSC1NC(=O)CC(CC(=O)NC2CC2)N1)Nc1ccc(F)cc1F. The summed E-state index contributed by atoms with van der Waals surface area (Å²) in [4.78, 5) is 35.7. The maximum absolute atomic E-state index is 13.6. The van der Waals surface area contributed by atoms with Gasteiger partial charge in [0.05, 0.1) is 11.4 Å². The van der Waals surface area contributed by atoms with Crippen LogP contribution in [0, 0.1) is 11.6 Å². The fourth-order valence-corrected chi connectivity index (χ4v) is 3.53. The van der Waals surface area contributed by atoms with E-state index in [9.17, 15) is 23.2 Å². The van der Waals surface area contributed by atoms with Gasteiger partial charge in [-0.2, -0.15) is 0 Å². The number of anilines is 1. The lowest BCUT2D eigenvalue weighted by Crippen LogP contribution is -2.56. The third kappa shape index (κ3) is 6.17. The van der Waals surface area contributed by atoms with E-state index in [0.717, 1.165) is 36.7 Å². The molecule has 1 saturated carbocycles. The van der Waals surface area contributed by atoms with Crippen LogP contribution in [0.2, 0.25) is 0 Å². The molecule has 3 amide bonds. The van der Waals surface area contributed by atoms with E-state index in [1.54, 1.807) is 0 Å². The van der Waals surface area contributed by atoms with E-state index >= 15 is 0 Å². The van der Waals surface area contributed by atoms with Gasteiger partial charge in [-0.3, -0.25) is 19.7 Å². The molecule has 0 aromatic heterocycles. The van der Waals surface area contributed by atoms with Crippen molar-refractivity contribution < 1.29 is 23.2 Å². The maximum atomic E-state index is 13.6. The minimum atomic E-state index is -0.862. The quantitative estimate of drug-likeness (QED) is 0.551. The van der Waals surface area contributed by atoms with Crippen LogP contribution in [0.25, 0.3) is 0 Å². The lowest BCUT2D eigenvalue weighted by atomic mass is 10.1. The molecule has 0 radical (unpaired) electrons. The first-order valence-corrected chi connectivity index (χ1v) is 9.65. The highest BCUT2D eigenvalue weighted by molar-refractivity contribution is 8.00. The molecule has 2 atom stereocenters. The summed E-state index contributed by atoms with van der Waals surface area (Å²) >= 11 is 1.11. The van der Waals surface area contributed by atoms with Crippen LogP contribution in [0.15, 0.2) is 18.2 Å². The van der Waals surface area contributed by atoms with Crippen LogP contribution >= 0.6 is 11.8 Å².